The van der Waals surface area contributed by atoms with E-state index in [2.05, 4.69) is 15.5 Å². The lowest BCUT2D eigenvalue weighted by Crippen LogP contribution is -2.50. The summed E-state index contributed by atoms with van der Waals surface area (Å²) in [7, 11) is 0. The van der Waals surface area contributed by atoms with Crippen LogP contribution in [-0.2, 0) is 4.79 Å². The predicted octanol–water partition coefficient (Wildman–Crippen LogP) is 1.71. The molecule has 0 aromatic carbocycles. The average molecular weight is 375 g/mol. The fourth-order valence-corrected chi connectivity index (χ4v) is 3.97. The fraction of sp³-hybridized carbons (Fsp3) is 0.529. The highest BCUT2D eigenvalue weighted by Gasteiger charge is 2.33. The van der Waals surface area contributed by atoms with Crippen LogP contribution in [-0.4, -0.2) is 64.5 Å². The van der Waals surface area contributed by atoms with Crippen LogP contribution in [0.3, 0.4) is 0 Å². The quantitative estimate of drug-likeness (QED) is 0.855. The van der Waals surface area contributed by atoms with Gasteiger partial charge in [0.15, 0.2) is 5.82 Å². The van der Waals surface area contributed by atoms with Crippen molar-refractivity contribution in [2.24, 2.45) is 0 Å². The first-order chi connectivity index (χ1) is 12.6. The van der Waals surface area contributed by atoms with Gasteiger partial charge in [-0.2, -0.15) is 0 Å². The summed E-state index contributed by atoms with van der Waals surface area (Å²) >= 11 is 1.44. The molecule has 26 heavy (non-hydrogen) atoms. The molecule has 9 heteroatoms. The Morgan fingerprint density at radius 3 is 2.73 bits per heavy atom. The van der Waals surface area contributed by atoms with Crippen molar-refractivity contribution in [3.63, 3.8) is 0 Å². The van der Waals surface area contributed by atoms with Crippen molar-refractivity contribution in [1.29, 1.82) is 0 Å². The van der Waals surface area contributed by atoms with Gasteiger partial charge < -0.3 is 14.7 Å². The van der Waals surface area contributed by atoms with Gasteiger partial charge in [-0.1, -0.05) is 5.16 Å². The van der Waals surface area contributed by atoms with Gasteiger partial charge in [-0.3, -0.25) is 14.5 Å². The Bertz CT molecular complexity index is 805. The Kier molecular flexibility index (Phi) is 4.73. The van der Waals surface area contributed by atoms with Crippen LogP contribution in [0.5, 0.6) is 0 Å². The molecule has 1 aliphatic carbocycles. The molecule has 0 bridgehead atoms. The van der Waals surface area contributed by atoms with Crippen LogP contribution in [0.25, 0.3) is 0 Å². The number of hydrogen-bond donors (Lipinski definition) is 1. The van der Waals surface area contributed by atoms with Gasteiger partial charge in [-0.25, -0.2) is 4.98 Å². The van der Waals surface area contributed by atoms with Crippen molar-refractivity contribution in [2.75, 3.05) is 38.0 Å². The van der Waals surface area contributed by atoms with E-state index in [4.69, 9.17) is 4.52 Å². The Morgan fingerprint density at radius 1 is 1.31 bits per heavy atom. The lowest BCUT2D eigenvalue weighted by Gasteiger charge is -2.34. The number of nitrogens with one attached hydrogen (secondary N) is 1. The lowest BCUT2D eigenvalue weighted by atomic mass is 10.2. The van der Waals surface area contributed by atoms with E-state index in [0.717, 1.165) is 23.4 Å². The summed E-state index contributed by atoms with van der Waals surface area (Å²) in [4.78, 5) is 34.0. The highest BCUT2D eigenvalue weighted by atomic mass is 32.1. The highest BCUT2D eigenvalue weighted by Crippen LogP contribution is 2.42. The van der Waals surface area contributed by atoms with Gasteiger partial charge >= 0.3 is 0 Å². The van der Waals surface area contributed by atoms with Crippen molar-refractivity contribution < 1.29 is 14.1 Å². The van der Waals surface area contributed by atoms with E-state index in [1.54, 1.807) is 18.5 Å². The van der Waals surface area contributed by atoms with E-state index >= 15 is 0 Å². The summed E-state index contributed by atoms with van der Waals surface area (Å²) in [6.07, 6.45) is 2.27. The summed E-state index contributed by atoms with van der Waals surface area (Å²) in [5, 5.41) is 6.48. The predicted molar refractivity (Wildman–Crippen MR) is 96.3 cm³/mol. The number of thiazole rings is 1. The second kappa shape index (κ2) is 7.16. The zero-order valence-electron chi connectivity index (χ0n) is 14.6. The third-order valence-corrected chi connectivity index (χ3v) is 5.51. The van der Waals surface area contributed by atoms with E-state index in [1.807, 2.05) is 9.80 Å². The minimum atomic E-state index is -0.128. The number of amides is 2. The number of carbonyl (C=O) groups excluding carboxylic acids is 2. The molecule has 2 aromatic heterocycles. The standard InChI is InChI=1S/C17H21N5O3S/c1-11-8-13(20-25-11)19-14(23)9-21-4-6-22(7-5-21)17(24)16-15(12-2-3-12)18-10-26-16/h8,10,12H,2-7,9H2,1H3,(H,19,20,23). The topological polar surface area (TPSA) is 91.6 Å². The summed E-state index contributed by atoms with van der Waals surface area (Å²) in [6.45, 7) is 4.65. The van der Waals surface area contributed by atoms with Gasteiger partial charge in [-0.05, 0) is 19.8 Å². The molecule has 1 aliphatic heterocycles. The maximum Gasteiger partial charge on any atom is 0.265 e. The van der Waals surface area contributed by atoms with Crippen LogP contribution in [0.2, 0.25) is 0 Å². The van der Waals surface area contributed by atoms with E-state index < -0.39 is 0 Å². The van der Waals surface area contributed by atoms with Crippen LogP contribution in [0.1, 0.15) is 39.9 Å². The average Bonchev–Trinajstić information content (AvgIpc) is 3.21. The van der Waals surface area contributed by atoms with Crippen LogP contribution < -0.4 is 5.32 Å². The Morgan fingerprint density at radius 2 is 2.08 bits per heavy atom. The molecule has 0 spiro atoms. The van der Waals surface area contributed by atoms with E-state index in [9.17, 15) is 9.59 Å². The monoisotopic (exact) mass is 375 g/mol. The SMILES string of the molecule is Cc1cc(NC(=O)CN2CCN(C(=O)c3scnc3C3CC3)CC2)no1. The van der Waals surface area contributed by atoms with Gasteiger partial charge in [-0.15, -0.1) is 11.3 Å². The molecule has 2 aromatic rings. The number of hydrogen-bond acceptors (Lipinski definition) is 7. The van der Waals surface area contributed by atoms with Crippen molar-refractivity contribution in [3.05, 3.63) is 27.9 Å². The van der Waals surface area contributed by atoms with E-state index in [0.29, 0.717) is 43.7 Å². The van der Waals surface area contributed by atoms with Crippen LogP contribution in [0.4, 0.5) is 5.82 Å². The van der Waals surface area contributed by atoms with Crippen molar-refractivity contribution >= 4 is 29.0 Å². The fourth-order valence-electron chi connectivity index (χ4n) is 3.13. The van der Waals surface area contributed by atoms with Crippen molar-refractivity contribution in [3.8, 4) is 0 Å². The molecular formula is C17H21N5O3S. The van der Waals surface area contributed by atoms with Gasteiger partial charge in [0, 0.05) is 38.2 Å². The molecule has 2 amide bonds. The molecule has 0 unspecified atom stereocenters. The van der Waals surface area contributed by atoms with Crippen molar-refractivity contribution in [1.82, 2.24) is 19.9 Å². The molecule has 2 aliphatic rings. The molecule has 1 saturated heterocycles. The van der Waals surface area contributed by atoms with Gasteiger partial charge in [0.2, 0.25) is 5.91 Å². The minimum absolute atomic E-state index is 0.0802. The first-order valence-corrected chi connectivity index (χ1v) is 9.66. The van der Waals surface area contributed by atoms with Crippen LogP contribution in [0, 0.1) is 6.92 Å². The normalized spacial score (nSPS) is 18.1. The van der Waals surface area contributed by atoms with E-state index in [1.165, 1.54) is 11.3 Å². The Labute approximate surface area is 155 Å². The molecule has 8 nitrogen and oxygen atoms in total. The van der Waals surface area contributed by atoms with Crippen molar-refractivity contribution in [2.45, 2.75) is 25.7 Å². The number of piperazine rings is 1. The molecule has 0 atom stereocenters. The number of aryl methyl sites for hydroxylation is 1. The molecule has 1 N–H and O–H groups in total. The van der Waals surface area contributed by atoms with E-state index in [-0.39, 0.29) is 18.4 Å². The summed E-state index contributed by atoms with van der Waals surface area (Å²) in [6, 6.07) is 1.68. The first kappa shape index (κ1) is 17.2. The third kappa shape index (κ3) is 3.78. The largest absolute Gasteiger partial charge is 0.360 e. The third-order valence-electron chi connectivity index (χ3n) is 4.68. The van der Waals surface area contributed by atoms with Gasteiger partial charge in [0.25, 0.3) is 5.91 Å². The number of carbonyl (C=O) groups is 2. The zero-order valence-corrected chi connectivity index (χ0v) is 15.4. The van der Waals surface area contributed by atoms with Gasteiger partial charge in [0.05, 0.1) is 17.7 Å². The summed E-state index contributed by atoms with van der Waals surface area (Å²) in [5.74, 6) is 1.51. The smallest absolute Gasteiger partial charge is 0.265 e. The highest BCUT2D eigenvalue weighted by molar-refractivity contribution is 7.11. The molecule has 138 valence electrons. The maximum atomic E-state index is 12.8. The second-order valence-corrected chi connectivity index (χ2v) is 7.64. The number of anilines is 1. The molecule has 0 radical (unpaired) electrons. The molecule has 2 fully saturated rings. The Hall–Kier alpha value is -2.26. The van der Waals surface area contributed by atoms with Crippen LogP contribution in [0.15, 0.2) is 16.1 Å². The first-order valence-electron chi connectivity index (χ1n) is 8.78. The lowest BCUT2D eigenvalue weighted by molar-refractivity contribution is -0.117. The molecule has 3 heterocycles. The molecule has 4 rings (SSSR count). The Balaban J connectivity index is 1.27. The van der Waals surface area contributed by atoms with Gasteiger partial charge in [0.1, 0.15) is 10.6 Å². The second-order valence-electron chi connectivity index (χ2n) is 6.78. The number of aromatic nitrogens is 2. The zero-order chi connectivity index (χ0) is 18.1. The molecule has 1 saturated carbocycles. The maximum absolute atomic E-state index is 12.8. The number of nitrogens with zero attached hydrogens (tertiary/aromatic N) is 4. The summed E-state index contributed by atoms with van der Waals surface area (Å²) < 4.78 is 4.94. The minimum Gasteiger partial charge on any atom is -0.360 e. The van der Waals surface area contributed by atoms with Crippen LogP contribution >= 0.6 is 11.3 Å². The number of rotatable bonds is 5. The summed E-state index contributed by atoms with van der Waals surface area (Å²) in [5.41, 5.74) is 2.75. The molecular weight excluding hydrogens is 354 g/mol.